The van der Waals surface area contributed by atoms with Gasteiger partial charge >= 0.3 is 5.97 Å². The average molecular weight is 372 g/mol. The maximum Gasteiger partial charge on any atom is 0.346 e. The molecule has 0 radical (unpaired) electrons. The quantitative estimate of drug-likeness (QED) is 0.327. The van der Waals surface area contributed by atoms with Crippen LogP contribution in [0, 0.1) is 0 Å². The van der Waals surface area contributed by atoms with Crippen LogP contribution in [0.1, 0.15) is 15.9 Å². The number of ether oxygens (including phenoxy) is 2. The number of hydrogen-bond acceptors (Lipinski definition) is 5. The van der Waals surface area contributed by atoms with E-state index in [1.807, 2.05) is 42.5 Å². The van der Waals surface area contributed by atoms with Crippen molar-refractivity contribution in [3.63, 3.8) is 0 Å². The van der Waals surface area contributed by atoms with Crippen LogP contribution in [0.4, 0.5) is 0 Å². The van der Waals surface area contributed by atoms with Crippen LogP contribution in [0.15, 0.2) is 86.2 Å². The number of aromatic nitrogens is 2. The molecule has 0 N–H and O–H groups in total. The Morgan fingerprint density at radius 3 is 2.14 bits per heavy atom. The predicted molar refractivity (Wildman–Crippen MR) is 108 cm³/mol. The van der Waals surface area contributed by atoms with Gasteiger partial charge in [-0.05, 0) is 48.4 Å². The minimum Gasteiger partial charge on any atom is -0.490 e. The van der Waals surface area contributed by atoms with E-state index in [1.165, 1.54) is 12.4 Å². The van der Waals surface area contributed by atoms with Crippen molar-refractivity contribution >= 4 is 5.97 Å². The van der Waals surface area contributed by atoms with E-state index in [0.29, 0.717) is 18.2 Å². The number of carbonyl (C=O) groups is 1. The summed E-state index contributed by atoms with van der Waals surface area (Å²) < 4.78 is 10.8. The lowest BCUT2D eigenvalue weighted by molar-refractivity contribution is 0.0734. The Balaban J connectivity index is 1.65. The zero-order valence-corrected chi connectivity index (χ0v) is 15.4. The van der Waals surface area contributed by atoms with Crippen LogP contribution < -0.4 is 9.47 Å². The van der Waals surface area contributed by atoms with Crippen molar-refractivity contribution in [3.8, 4) is 22.9 Å². The maximum absolute atomic E-state index is 12.3. The first kappa shape index (κ1) is 19.0. The van der Waals surface area contributed by atoms with Gasteiger partial charge in [-0.15, -0.1) is 6.58 Å². The van der Waals surface area contributed by atoms with Gasteiger partial charge in [0.2, 0.25) is 0 Å². The average Bonchev–Trinajstić information content (AvgIpc) is 2.74. The Hall–Kier alpha value is -3.73. The van der Waals surface area contributed by atoms with Crippen molar-refractivity contribution in [1.82, 2.24) is 9.97 Å². The Bertz CT molecular complexity index is 947. The van der Waals surface area contributed by atoms with Crippen molar-refractivity contribution in [2.24, 2.45) is 0 Å². The molecule has 5 nitrogen and oxygen atoms in total. The number of carbonyl (C=O) groups excluding carboxylic acids is 1. The van der Waals surface area contributed by atoms with Gasteiger partial charge in [0.05, 0.1) is 5.56 Å². The van der Waals surface area contributed by atoms with E-state index in [1.54, 1.807) is 18.2 Å². The molecule has 0 spiro atoms. The normalized spacial score (nSPS) is 10.1. The van der Waals surface area contributed by atoms with Gasteiger partial charge in [-0.2, -0.15) is 0 Å². The second kappa shape index (κ2) is 9.28. The second-order valence-corrected chi connectivity index (χ2v) is 5.95. The van der Waals surface area contributed by atoms with Gasteiger partial charge < -0.3 is 9.47 Å². The van der Waals surface area contributed by atoms with Crippen LogP contribution in [-0.4, -0.2) is 22.5 Å². The van der Waals surface area contributed by atoms with Gasteiger partial charge in [-0.1, -0.05) is 30.9 Å². The topological polar surface area (TPSA) is 61.3 Å². The zero-order valence-electron chi connectivity index (χ0n) is 15.4. The molecular formula is C23H20N2O3. The summed E-state index contributed by atoms with van der Waals surface area (Å²) in [6, 6.07) is 14.7. The molecule has 0 fully saturated rings. The molecule has 0 atom stereocenters. The molecule has 28 heavy (non-hydrogen) atoms. The highest BCUT2D eigenvalue weighted by molar-refractivity contribution is 5.90. The summed E-state index contributed by atoms with van der Waals surface area (Å²) in [5.74, 6) is 1.22. The van der Waals surface area contributed by atoms with E-state index in [9.17, 15) is 4.79 Å². The summed E-state index contributed by atoms with van der Waals surface area (Å²) in [5.41, 5.74) is 2.21. The molecule has 0 amide bonds. The van der Waals surface area contributed by atoms with Crippen molar-refractivity contribution in [1.29, 1.82) is 0 Å². The van der Waals surface area contributed by atoms with Gasteiger partial charge in [0.1, 0.15) is 18.1 Å². The van der Waals surface area contributed by atoms with E-state index in [0.717, 1.165) is 23.3 Å². The lowest BCUT2D eigenvalue weighted by Gasteiger charge is -2.06. The maximum atomic E-state index is 12.3. The minimum atomic E-state index is -0.504. The minimum absolute atomic E-state index is 0.282. The highest BCUT2D eigenvalue weighted by atomic mass is 16.5. The molecule has 0 aliphatic carbocycles. The first-order chi connectivity index (χ1) is 13.7. The number of nitrogens with zero attached hydrogens (tertiary/aromatic N) is 2. The van der Waals surface area contributed by atoms with E-state index in [-0.39, 0.29) is 5.56 Å². The molecule has 1 aromatic heterocycles. The zero-order chi connectivity index (χ0) is 19.8. The number of rotatable bonds is 8. The first-order valence-corrected chi connectivity index (χ1v) is 8.78. The number of allylic oxidation sites excluding steroid dienone is 1. The number of hydrogen-bond donors (Lipinski definition) is 0. The summed E-state index contributed by atoms with van der Waals surface area (Å²) >= 11 is 0. The summed E-state index contributed by atoms with van der Waals surface area (Å²) in [7, 11) is 0. The molecule has 0 bridgehead atoms. The smallest absolute Gasteiger partial charge is 0.346 e. The molecular weight excluding hydrogens is 352 g/mol. The van der Waals surface area contributed by atoms with Gasteiger partial charge in [0, 0.05) is 18.0 Å². The van der Waals surface area contributed by atoms with Crippen LogP contribution in [0.5, 0.6) is 11.5 Å². The third kappa shape index (κ3) is 4.92. The highest BCUT2D eigenvalue weighted by Gasteiger charge is 2.11. The summed E-state index contributed by atoms with van der Waals surface area (Å²) in [6.45, 7) is 7.77. The molecule has 1 heterocycles. The van der Waals surface area contributed by atoms with Crippen molar-refractivity contribution in [2.75, 3.05) is 6.61 Å². The summed E-state index contributed by atoms with van der Waals surface area (Å²) in [5, 5.41) is 0. The standard InChI is InChI=1S/C23H20N2O3/c1-3-5-17-6-10-21(11-7-17)28-23(26)19-15-24-22(25-16-19)18-8-12-20(13-9-18)27-14-4-2/h3-4,6-13,15-16H,1-2,5,14H2. The van der Waals surface area contributed by atoms with Gasteiger partial charge in [0.15, 0.2) is 5.82 Å². The number of benzene rings is 2. The number of esters is 1. The summed E-state index contributed by atoms with van der Waals surface area (Å²) in [4.78, 5) is 20.8. The molecule has 5 heteroatoms. The van der Waals surface area contributed by atoms with E-state index in [4.69, 9.17) is 9.47 Å². The molecule has 0 unspecified atom stereocenters. The molecule has 0 saturated carbocycles. The van der Waals surface area contributed by atoms with E-state index in [2.05, 4.69) is 23.1 Å². The SMILES string of the molecule is C=CCOc1ccc(-c2ncc(C(=O)Oc3ccc(CC=C)cc3)cn2)cc1. The van der Waals surface area contributed by atoms with Gasteiger partial charge in [-0.25, -0.2) is 14.8 Å². The van der Waals surface area contributed by atoms with Crippen molar-refractivity contribution in [2.45, 2.75) is 6.42 Å². The van der Waals surface area contributed by atoms with Crippen LogP contribution in [-0.2, 0) is 6.42 Å². The predicted octanol–water partition coefficient (Wildman–Crippen LogP) is 4.66. The fraction of sp³-hybridized carbons (Fsp3) is 0.0870. The Morgan fingerprint density at radius 1 is 0.893 bits per heavy atom. The molecule has 140 valence electrons. The van der Waals surface area contributed by atoms with E-state index >= 15 is 0 Å². The van der Waals surface area contributed by atoms with Crippen LogP contribution >= 0.6 is 0 Å². The third-order valence-corrected chi connectivity index (χ3v) is 3.88. The first-order valence-electron chi connectivity index (χ1n) is 8.78. The fourth-order valence-electron chi connectivity index (χ4n) is 2.46. The molecule has 0 saturated heterocycles. The van der Waals surface area contributed by atoms with Crippen molar-refractivity contribution < 1.29 is 14.3 Å². The molecule has 3 rings (SSSR count). The molecule has 0 aliphatic heterocycles. The summed E-state index contributed by atoms with van der Waals surface area (Å²) in [6.07, 6.45) is 7.19. The lowest BCUT2D eigenvalue weighted by atomic mass is 10.1. The highest BCUT2D eigenvalue weighted by Crippen LogP contribution is 2.20. The van der Waals surface area contributed by atoms with Gasteiger partial charge in [0.25, 0.3) is 0 Å². The van der Waals surface area contributed by atoms with Gasteiger partial charge in [-0.3, -0.25) is 0 Å². The Labute approximate surface area is 164 Å². The van der Waals surface area contributed by atoms with E-state index < -0.39 is 5.97 Å². The third-order valence-electron chi connectivity index (χ3n) is 3.88. The Kier molecular flexibility index (Phi) is 6.31. The second-order valence-electron chi connectivity index (χ2n) is 5.95. The molecule has 0 aliphatic rings. The van der Waals surface area contributed by atoms with Crippen LogP contribution in [0.3, 0.4) is 0 Å². The fourth-order valence-corrected chi connectivity index (χ4v) is 2.46. The molecule has 2 aromatic carbocycles. The molecule has 3 aromatic rings. The largest absolute Gasteiger partial charge is 0.490 e. The monoisotopic (exact) mass is 372 g/mol. The lowest BCUT2D eigenvalue weighted by Crippen LogP contribution is -2.09. The van der Waals surface area contributed by atoms with Crippen molar-refractivity contribution in [3.05, 3.63) is 97.4 Å². The van der Waals surface area contributed by atoms with Crippen LogP contribution in [0.2, 0.25) is 0 Å². The Morgan fingerprint density at radius 2 is 1.54 bits per heavy atom. The van der Waals surface area contributed by atoms with Crippen LogP contribution in [0.25, 0.3) is 11.4 Å².